The van der Waals surface area contributed by atoms with E-state index in [1.165, 1.54) is 4.90 Å². The molecule has 0 radical (unpaired) electrons. The molecule has 5 nitrogen and oxygen atoms in total. The highest BCUT2D eigenvalue weighted by molar-refractivity contribution is 7.71. The normalized spacial score (nSPS) is 22.6. The maximum Gasteiger partial charge on any atom is 0.203 e. The first-order valence-corrected chi connectivity index (χ1v) is 8.71. The van der Waals surface area contributed by atoms with Crippen molar-refractivity contribution in [3.05, 3.63) is 22.3 Å². The minimum Gasteiger partial charge on any atom is -0.393 e. The lowest BCUT2D eigenvalue weighted by Gasteiger charge is -2.26. The summed E-state index contributed by atoms with van der Waals surface area (Å²) in [6, 6.07) is 4.13. The van der Waals surface area contributed by atoms with Gasteiger partial charge >= 0.3 is 0 Å². The molecule has 7 heteroatoms. The summed E-state index contributed by atoms with van der Waals surface area (Å²) in [7, 11) is 0. The number of piperidine rings is 1. The summed E-state index contributed by atoms with van der Waals surface area (Å²) in [5.74, 6) is 0.967. The largest absolute Gasteiger partial charge is 0.393 e. The second-order valence-corrected chi connectivity index (χ2v) is 6.78. The number of aromatic nitrogens is 3. The van der Waals surface area contributed by atoms with E-state index >= 15 is 0 Å². The fourth-order valence-corrected chi connectivity index (χ4v) is 3.84. The van der Waals surface area contributed by atoms with Crippen molar-refractivity contribution in [1.82, 2.24) is 14.3 Å². The third-order valence-electron chi connectivity index (χ3n) is 4.02. The molecule has 2 aromatic rings. The van der Waals surface area contributed by atoms with Gasteiger partial charge in [-0.3, -0.25) is 4.57 Å². The summed E-state index contributed by atoms with van der Waals surface area (Å²) in [6.07, 6.45) is 1.61. The zero-order valence-corrected chi connectivity index (χ0v) is 13.8. The van der Waals surface area contributed by atoms with E-state index < -0.39 is 0 Å². The molecule has 1 fully saturated rings. The molecule has 114 valence electrons. The van der Waals surface area contributed by atoms with Crippen LogP contribution in [0.15, 0.2) is 17.5 Å². The van der Waals surface area contributed by atoms with Gasteiger partial charge in [0.15, 0.2) is 12.5 Å². The van der Waals surface area contributed by atoms with Crippen molar-refractivity contribution in [2.24, 2.45) is 0 Å². The molecule has 0 saturated carbocycles. The fourth-order valence-electron chi connectivity index (χ4n) is 2.80. The molecule has 2 N–H and O–H groups in total. The van der Waals surface area contributed by atoms with Crippen LogP contribution < -0.4 is 4.90 Å². The number of quaternary nitrogens is 1. The van der Waals surface area contributed by atoms with Crippen molar-refractivity contribution in [3.63, 3.8) is 0 Å². The Bertz CT molecular complexity index is 638. The summed E-state index contributed by atoms with van der Waals surface area (Å²) in [5.41, 5.74) is 0. The Morgan fingerprint density at radius 2 is 2.24 bits per heavy atom. The van der Waals surface area contributed by atoms with E-state index in [4.69, 9.17) is 17.3 Å². The number of thiophene rings is 1. The van der Waals surface area contributed by atoms with Gasteiger partial charge in [-0.2, -0.15) is 4.68 Å². The number of aliphatic hydroxyl groups excluding tert-OH is 1. The Kier molecular flexibility index (Phi) is 4.54. The zero-order chi connectivity index (χ0) is 14.8. The third-order valence-corrected chi connectivity index (χ3v) is 5.31. The van der Waals surface area contributed by atoms with Gasteiger partial charge in [0.1, 0.15) is 0 Å². The first kappa shape index (κ1) is 14.9. The second-order valence-electron chi connectivity index (χ2n) is 5.47. The van der Waals surface area contributed by atoms with E-state index in [2.05, 4.69) is 22.9 Å². The molecule has 1 saturated heterocycles. The molecule has 2 aromatic heterocycles. The highest BCUT2D eigenvalue weighted by Gasteiger charge is 2.22. The average Bonchev–Trinajstić information content (AvgIpc) is 3.10. The molecule has 21 heavy (non-hydrogen) atoms. The predicted molar refractivity (Wildman–Crippen MR) is 86.0 cm³/mol. The van der Waals surface area contributed by atoms with Crippen LogP contribution in [0.1, 0.15) is 19.8 Å². The molecule has 0 amide bonds. The molecule has 0 unspecified atom stereocenters. The molecule has 3 heterocycles. The number of hydrogen-bond acceptors (Lipinski definition) is 4. The van der Waals surface area contributed by atoms with Crippen LogP contribution >= 0.6 is 23.6 Å². The lowest BCUT2D eigenvalue weighted by molar-refractivity contribution is -0.929. The van der Waals surface area contributed by atoms with E-state index in [0.29, 0.717) is 0 Å². The maximum atomic E-state index is 9.60. The van der Waals surface area contributed by atoms with Gasteiger partial charge in [-0.25, -0.2) is 0 Å². The van der Waals surface area contributed by atoms with Crippen LogP contribution in [0.25, 0.3) is 10.7 Å². The minimum atomic E-state index is -0.128. The second kappa shape index (κ2) is 6.39. The lowest BCUT2D eigenvalue weighted by atomic mass is 10.1. The molecule has 3 rings (SSSR count). The smallest absolute Gasteiger partial charge is 0.203 e. The van der Waals surface area contributed by atoms with Crippen LogP contribution in [0.2, 0.25) is 0 Å². The van der Waals surface area contributed by atoms with Gasteiger partial charge in [-0.1, -0.05) is 6.07 Å². The van der Waals surface area contributed by atoms with Crippen molar-refractivity contribution in [1.29, 1.82) is 0 Å². The van der Waals surface area contributed by atoms with E-state index in [0.717, 1.165) is 54.6 Å². The summed E-state index contributed by atoms with van der Waals surface area (Å²) < 4.78 is 4.83. The van der Waals surface area contributed by atoms with Crippen molar-refractivity contribution < 1.29 is 10.0 Å². The van der Waals surface area contributed by atoms with Crippen LogP contribution in [0.4, 0.5) is 0 Å². The van der Waals surface area contributed by atoms with Crippen molar-refractivity contribution >= 4 is 23.6 Å². The van der Waals surface area contributed by atoms with Crippen molar-refractivity contribution in [3.8, 4) is 10.7 Å². The topological polar surface area (TPSA) is 47.4 Å². The van der Waals surface area contributed by atoms with Gasteiger partial charge in [0.2, 0.25) is 4.77 Å². The minimum absolute atomic E-state index is 0.128. The summed E-state index contributed by atoms with van der Waals surface area (Å²) in [4.78, 5) is 2.60. The molecule has 0 spiro atoms. The Balaban J connectivity index is 1.84. The highest BCUT2D eigenvalue weighted by atomic mass is 32.1. The standard InChI is InChI=1S/C14H20N4OS2/c1-2-17-13(12-4-3-9-21-12)15-18(14(17)20)10-16-7-5-11(19)6-8-16/h3-4,9,11,19H,2,5-8,10H2,1H3/p+1. The monoisotopic (exact) mass is 325 g/mol. The Labute approximate surface area is 133 Å². The number of likely N-dealkylation sites (tertiary alicyclic amines) is 1. The first-order chi connectivity index (χ1) is 10.2. The van der Waals surface area contributed by atoms with Crippen LogP contribution in [0.5, 0.6) is 0 Å². The first-order valence-electron chi connectivity index (χ1n) is 7.42. The Morgan fingerprint density at radius 1 is 1.48 bits per heavy atom. The summed E-state index contributed by atoms with van der Waals surface area (Å²) >= 11 is 7.27. The SMILES string of the molecule is CCn1c(-c2cccs2)nn(C[NH+]2CCC(O)CC2)c1=S. The van der Waals surface area contributed by atoms with Crippen LogP contribution in [0, 0.1) is 4.77 Å². The molecule has 1 aliphatic heterocycles. The predicted octanol–water partition coefficient (Wildman–Crippen LogP) is 1.16. The molecule has 0 atom stereocenters. The molecule has 0 aromatic carbocycles. The van der Waals surface area contributed by atoms with Gasteiger partial charge in [-0.15, -0.1) is 16.4 Å². The van der Waals surface area contributed by atoms with Gasteiger partial charge in [0, 0.05) is 19.4 Å². The Morgan fingerprint density at radius 3 is 2.86 bits per heavy atom. The fraction of sp³-hybridized carbons (Fsp3) is 0.571. The van der Waals surface area contributed by atoms with Crippen LogP contribution in [0.3, 0.4) is 0 Å². The zero-order valence-electron chi connectivity index (χ0n) is 12.2. The van der Waals surface area contributed by atoms with E-state index in [1.807, 2.05) is 10.7 Å². The van der Waals surface area contributed by atoms with Crippen LogP contribution in [-0.4, -0.2) is 38.6 Å². The molecule has 0 bridgehead atoms. The maximum absolute atomic E-state index is 9.60. The van der Waals surface area contributed by atoms with Gasteiger partial charge in [0.05, 0.1) is 24.1 Å². The number of aliphatic hydroxyl groups is 1. The van der Waals surface area contributed by atoms with Gasteiger partial charge in [-0.05, 0) is 30.6 Å². The van der Waals surface area contributed by atoms with Gasteiger partial charge in [0.25, 0.3) is 0 Å². The average molecular weight is 325 g/mol. The highest BCUT2D eigenvalue weighted by Crippen LogP contribution is 2.23. The van der Waals surface area contributed by atoms with Crippen LogP contribution in [-0.2, 0) is 13.2 Å². The van der Waals surface area contributed by atoms with E-state index in [9.17, 15) is 5.11 Å². The van der Waals surface area contributed by atoms with Gasteiger partial charge < -0.3 is 10.0 Å². The van der Waals surface area contributed by atoms with Crippen molar-refractivity contribution in [2.45, 2.75) is 39.1 Å². The van der Waals surface area contributed by atoms with Crippen molar-refractivity contribution in [2.75, 3.05) is 13.1 Å². The molecule has 1 aliphatic rings. The van der Waals surface area contributed by atoms with E-state index in [1.54, 1.807) is 11.3 Å². The molecular formula is C14H21N4OS2+. The Hall–Kier alpha value is -1.02. The van der Waals surface area contributed by atoms with E-state index in [-0.39, 0.29) is 6.10 Å². The third kappa shape index (κ3) is 3.11. The quantitative estimate of drug-likeness (QED) is 0.830. The molecular weight excluding hydrogens is 304 g/mol. The summed E-state index contributed by atoms with van der Waals surface area (Å²) in [6.45, 7) is 5.69. The number of rotatable bonds is 4. The number of hydrogen-bond donors (Lipinski definition) is 2. The lowest BCUT2D eigenvalue weighted by Crippen LogP contribution is -3.12. The summed E-state index contributed by atoms with van der Waals surface area (Å²) in [5, 5.41) is 16.4. The number of nitrogens with zero attached hydrogens (tertiary/aromatic N) is 3. The molecule has 0 aliphatic carbocycles. The number of nitrogens with one attached hydrogen (secondary N) is 1.